The van der Waals surface area contributed by atoms with Gasteiger partial charge in [0.25, 0.3) is 0 Å². The third kappa shape index (κ3) is 4.63. The van der Waals surface area contributed by atoms with Gasteiger partial charge in [-0.3, -0.25) is 0 Å². The maximum atomic E-state index is 5.58. The SMILES string of the molecule is CC(C)C(CN(C)C)Nc1ccc(C(N)=S)cc1. The number of benzene rings is 1. The summed E-state index contributed by atoms with van der Waals surface area (Å²) < 4.78 is 0. The van der Waals surface area contributed by atoms with Crippen LogP contribution in [0.15, 0.2) is 24.3 Å². The molecule has 18 heavy (non-hydrogen) atoms. The number of likely N-dealkylation sites (N-methyl/N-ethyl adjacent to an activating group) is 1. The molecule has 0 fully saturated rings. The van der Waals surface area contributed by atoms with E-state index in [1.165, 1.54) is 0 Å². The molecule has 0 radical (unpaired) electrons. The van der Waals surface area contributed by atoms with Crippen molar-refractivity contribution in [2.45, 2.75) is 19.9 Å². The summed E-state index contributed by atoms with van der Waals surface area (Å²) in [7, 11) is 4.18. The standard InChI is InChI=1S/C14H23N3S/c1-10(2)13(9-17(3)4)16-12-7-5-11(6-8-12)14(15)18/h5-8,10,13,16H,9H2,1-4H3,(H2,15,18). The highest BCUT2D eigenvalue weighted by atomic mass is 32.1. The average Bonchev–Trinajstić information content (AvgIpc) is 2.28. The number of nitrogens with zero attached hydrogens (tertiary/aromatic N) is 1. The molecule has 3 N–H and O–H groups in total. The Kier molecular flexibility index (Phi) is 5.56. The number of hydrogen-bond acceptors (Lipinski definition) is 3. The summed E-state index contributed by atoms with van der Waals surface area (Å²) in [6, 6.07) is 8.39. The van der Waals surface area contributed by atoms with E-state index in [9.17, 15) is 0 Å². The van der Waals surface area contributed by atoms with Crippen molar-refractivity contribution in [3.8, 4) is 0 Å². The summed E-state index contributed by atoms with van der Waals surface area (Å²) in [6.45, 7) is 5.46. The van der Waals surface area contributed by atoms with Crippen LogP contribution in [-0.4, -0.2) is 36.6 Å². The van der Waals surface area contributed by atoms with E-state index in [4.69, 9.17) is 18.0 Å². The zero-order valence-electron chi connectivity index (χ0n) is 11.6. The Morgan fingerprint density at radius 1 is 1.28 bits per heavy atom. The second-order valence-electron chi connectivity index (χ2n) is 5.20. The molecule has 0 saturated carbocycles. The number of rotatable bonds is 6. The van der Waals surface area contributed by atoms with Crippen molar-refractivity contribution in [3.63, 3.8) is 0 Å². The minimum atomic E-state index is 0.427. The summed E-state index contributed by atoms with van der Waals surface area (Å²) in [5.41, 5.74) is 7.60. The maximum Gasteiger partial charge on any atom is 0.103 e. The third-order valence-corrected chi connectivity index (χ3v) is 3.12. The van der Waals surface area contributed by atoms with Crippen molar-refractivity contribution in [2.75, 3.05) is 26.0 Å². The molecule has 0 saturated heterocycles. The number of hydrogen-bond donors (Lipinski definition) is 2. The number of anilines is 1. The second kappa shape index (κ2) is 6.71. The lowest BCUT2D eigenvalue weighted by Crippen LogP contribution is -2.36. The van der Waals surface area contributed by atoms with Gasteiger partial charge in [0.15, 0.2) is 0 Å². The lowest BCUT2D eigenvalue weighted by atomic mass is 10.0. The summed E-state index contributed by atoms with van der Waals surface area (Å²) in [6.07, 6.45) is 0. The quantitative estimate of drug-likeness (QED) is 0.775. The fourth-order valence-electron chi connectivity index (χ4n) is 1.76. The highest BCUT2D eigenvalue weighted by Gasteiger charge is 2.13. The molecule has 100 valence electrons. The predicted molar refractivity (Wildman–Crippen MR) is 83.1 cm³/mol. The Bertz CT molecular complexity index is 385. The molecule has 0 heterocycles. The minimum Gasteiger partial charge on any atom is -0.389 e. The van der Waals surface area contributed by atoms with Gasteiger partial charge < -0.3 is 16.0 Å². The topological polar surface area (TPSA) is 41.3 Å². The van der Waals surface area contributed by atoms with Gasteiger partial charge in [0, 0.05) is 23.8 Å². The van der Waals surface area contributed by atoms with E-state index in [0.29, 0.717) is 16.9 Å². The highest BCUT2D eigenvalue weighted by molar-refractivity contribution is 7.80. The second-order valence-corrected chi connectivity index (χ2v) is 5.64. The Morgan fingerprint density at radius 3 is 2.22 bits per heavy atom. The molecule has 1 atom stereocenters. The molecule has 0 aliphatic carbocycles. The molecular formula is C14H23N3S. The van der Waals surface area contributed by atoms with E-state index in [1.54, 1.807) is 0 Å². The average molecular weight is 265 g/mol. The summed E-state index contributed by atoms with van der Waals surface area (Å²) >= 11 is 4.94. The van der Waals surface area contributed by atoms with Gasteiger partial charge in [0.2, 0.25) is 0 Å². The fraction of sp³-hybridized carbons (Fsp3) is 0.500. The molecular weight excluding hydrogens is 242 g/mol. The monoisotopic (exact) mass is 265 g/mol. The van der Waals surface area contributed by atoms with Crippen LogP contribution in [-0.2, 0) is 0 Å². The summed E-state index contributed by atoms with van der Waals surface area (Å²) in [5, 5.41) is 3.55. The Balaban J connectivity index is 2.72. The van der Waals surface area contributed by atoms with Gasteiger partial charge in [-0.1, -0.05) is 26.1 Å². The van der Waals surface area contributed by atoms with E-state index in [0.717, 1.165) is 17.8 Å². The molecule has 0 amide bonds. The van der Waals surface area contributed by atoms with Gasteiger partial charge in [-0.15, -0.1) is 0 Å². The van der Waals surface area contributed by atoms with Crippen molar-refractivity contribution < 1.29 is 0 Å². The zero-order chi connectivity index (χ0) is 13.7. The van der Waals surface area contributed by atoms with Crippen LogP contribution in [0.25, 0.3) is 0 Å². The van der Waals surface area contributed by atoms with E-state index in [1.807, 2.05) is 24.3 Å². The normalized spacial score (nSPS) is 12.8. The van der Waals surface area contributed by atoms with Gasteiger partial charge in [-0.2, -0.15) is 0 Å². The summed E-state index contributed by atoms with van der Waals surface area (Å²) in [4.78, 5) is 2.64. The first kappa shape index (κ1) is 14.9. The number of nitrogens with two attached hydrogens (primary N) is 1. The van der Waals surface area contributed by atoms with Gasteiger partial charge in [0.05, 0.1) is 0 Å². The first-order valence-electron chi connectivity index (χ1n) is 6.21. The first-order chi connectivity index (χ1) is 8.40. The smallest absolute Gasteiger partial charge is 0.103 e. The van der Waals surface area contributed by atoms with Crippen molar-refractivity contribution in [2.24, 2.45) is 11.7 Å². The van der Waals surface area contributed by atoms with Crippen LogP contribution in [0.5, 0.6) is 0 Å². The van der Waals surface area contributed by atoms with E-state index in [-0.39, 0.29) is 0 Å². The Hall–Kier alpha value is -1.13. The van der Waals surface area contributed by atoms with Gasteiger partial charge in [0.1, 0.15) is 4.99 Å². The molecule has 1 rings (SSSR count). The van der Waals surface area contributed by atoms with E-state index < -0.39 is 0 Å². The van der Waals surface area contributed by atoms with Crippen molar-refractivity contribution in [1.82, 2.24) is 4.90 Å². The van der Waals surface area contributed by atoms with Gasteiger partial charge >= 0.3 is 0 Å². The third-order valence-electron chi connectivity index (χ3n) is 2.89. The molecule has 1 aromatic carbocycles. The zero-order valence-corrected chi connectivity index (χ0v) is 12.4. The van der Waals surface area contributed by atoms with Crippen molar-refractivity contribution in [1.29, 1.82) is 0 Å². The molecule has 0 spiro atoms. The molecule has 0 aromatic heterocycles. The molecule has 0 aliphatic heterocycles. The Morgan fingerprint density at radius 2 is 1.83 bits per heavy atom. The summed E-state index contributed by atoms with van der Waals surface area (Å²) in [5.74, 6) is 0.572. The predicted octanol–water partition coefficient (Wildman–Crippen LogP) is 2.32. The highest BCUT2D eigenvalue weighted by Crippen LogP contribution is 2.14. The minimum absolute atomic E-state index is 0.427. The molecule has 1 aromatic rings. The molecule has 4 heteroatoms. The van der Waals surface area contributed by atoms with Crippen LogP contribution < -0.4 is 11.1 Å². The maximum absolute atomic E-state index is 5.58. The lowest BCUT2D eigenvalue weighted by Gasteiger charge is -2.26. The van der Waals surface area contributed by atoms with Crippen LogP contribution in [0.3, 0.4) is 0 Å². The van der Waals surface area contributed by atoms with Gasteiger partial charge in [-0.05, 0) is 44.3 Å². The first-order valence-corrected chi connectivity index (χ1v) is 6.62. The van der Waals surface area contributed by atoms with Crippen LogP contribution in [0.2, 0.25) is 0 Å². The van der Waals surface area contributed by atoms with Crippen LogP contribution in [0.4, 0.5) is 5.69 Å². The molecule has 0 aliphatic rings. The molecule has 3 nitrogen and oxygen atoms in total. The van der Waals surface area contributed by atoms with Crippen molar-refractivity contribution in [3.05, 3.63) is 29.8 Å². The molecule has 0 bridgehead atoms. The van der Waals surface area contributed by atoms with E-state index in [2.05, 4.69) is 38.2 Å². The molecule has 1 unspecified atom stereocenters. The largest absolute Gasteiger partial charge is 0.389 e. The van der Waals surface area contributed by atoms with Crippen LogP contribution in [0, 0.1) is 5.92 Å². The van der Waals surface area contributed by atoms with E-state index >= 15 is 0 Å². The van der Waals surface area contributed by atoms with Gasteiger partial charge in [-0.25, -0.2) is 0 Å². The lowest BCUT2D eigenvalue weighted by molar-refractivity contribution is 0.344. The van der Waals surface area contributed by atoms with Crippen LogP contribution >= 0.6 is 12.2 Å². The van der Waals surface area contributed by atoms with Crippen LogP contribution in [0.1, 0.15) is 19.4 Å². The van der Waals surface area contributed by atoms with Crippen molar-refractivity contribution >= 4 is 22.9 Å². The fourth-order valence-corrected chi connectivity index (χ4v) is 1.90. The number of nitrogens with one attached hydrogen (secondary N) is 1. The number of thiocarbonyl (C=S) groups is 1. The Labute approximate surface area is 115 Å².